The molecule has 0 aliphatic carbocycles. The van der Waals surface area contributed by atoms with Crippen LogP contribution >= 0.6 is 0 Å². The summed E-state index contributed by atoms with van der Waals surface area (Å²) in [6.07, 6.45) is 0. The van der Waals surface area contributed by atoms with E-state index in [-0.39, 0.29) is 0 Å². The number of para-hydroxylation sites is 1. The fraction of sp³-hybridized carbons (Fsp3) is 0. The van der Waals surface area contributed by atoms with Gasteiger partial charge in [0.2, 0.25) is 0 Å². The van der Waals surface area contributed by atoms with Crippen LogP contribution in [0.25, 0.3) is 55.0 Å². The van der Waals surface area contributed by atoms with Crippen molar-refractivity contribution in [3.8, 4) is 22.3 Å². The fourth-order valence-electron chi connectivity index (χ4n) is 5.94. The van der Waals surface area contributed by atoms with E-state index in [0.717, 1.165) is 39.0 Å². The third kappa shape index (κ3) is 4.22. The van der Waals surface area contributed by atoms with E-state index in [1.165, 1.54) is 33.0 Å². The summed E-state index contributed by atoms with van der Waals surface area (Å²) in [6.45, 7) is 0. The summed E-state index contributed by atoms with van der Waals surface area (Å²) in [5.74, 6) is 0. The van der Waals surface area contributed by atoms with Gasteiger partial charge >= 0.3 is 0 Å². The second kappa shape index (κ2) is 10.1. The molecule has 42 heavy (non-hydrogen) atoms. The Morgan fingerprint density at radius 1 is 0.381 bits per heavy atom. The Bertz CT molecular complexity index is 2080. The lowest BCUT2D eigenvalue weighted by Crippen LogP contribution is -2.10. The van der Waals surface area contributed by atoms with Crippen molar-refractivity contribution in [3.05, 3.63) is 164 Å². The van der Waals surface area contributed by atoms with E-state index in [0.29, 0.717) is 0 Å². The van der Waals surface area contributed by atoms with Crippen molar-refractivity contribution in [2.24, 2.45) is 0 Å². The molecule has 1 heterocycles. The Morgan fingerprint density at radius 2 is 0.881 bits per heavy atom. The van der Waals surface area contributed by atoms with Crippen LogP contribution in [0.4, 0.5) is 17.1 Å². The first-order valence-electron chi connectivity index (χ1n) is 14.3. The van der Waals surface area contributed by atoms with E-state index in [2.05, 4.69) is 169 Å². The standard InChI is InChI=1S/C40H27NO/c1-3-10-28(11-4-1)30-18-22-34(23-19-30)41(35-24-20-31(21-25-35)29-12-5-2-6-13-29)38-17-9-16-36-37-26-32-14-7-8-15-33(32)27-39(37)42-40(36)38/h1-27H. The maximum atomic E-state index is 6.66. The zero-order valence-corrected chi connectivity index (χ0v) is 22.9. The van der Waals surface area contributed by atoms with Crippen LogP contribution in [-0.4, -0.2) is 0 Å². The first-order valence-corrected chi connectivity index (χ1v) is 14.3. The van der Waals surface area contributed by atoms with Crippen LogP contribution in [0.2, 0.25) is 0 Å². The van der Waals surface area contributed by atoms with Crippen LogP contribution in [0.5, 0.6) is 0 Å². The van der Waals surface area contributed by atoms with Crippen LogP contribution in [0, 0.1) is 0 Å². The van der Waals surface area contributed by atoms with Crippen molar-refractivity contribution >= 4 is 49.8 Å². The van der Waals surface area contributed by atoms with Crippen LogP contribution in [0.3, 0.4) is 0 Å². The Labute approximate surface area is 244 Å². The highest BCUT2D eigenvalue weighted by Gasteiger charge is 2.20. The van der Waals surface area contributed by atoms with Crippen molar-refractivity contribution in [1.82, 2.24) is 0 Å². The lowest BCUT2D eigenvalue weighted by Gasteiger charge is -2.26. The van der Waals surface area contributed by atoms with E-state index >= 15 is 0 Å². The van der Waals surface area contributed by atoms with Gasteiger partial charge in [-0.3, -0.25) is 0 Å². The number of nitrogens with zero attached hydrogens (tertiary/aromatic N) is 1. The summed E-state index contributed by atoms with van der Waals surface area (Å²) in [4.78, 5) is 2.30. The molecule has 0 fully saturated rings. The van der Waals surface area contributed by atoms with Crippen molar-refractivity contribution in [2.75, 3.05) is 4.90 Å². The topological polar surface area (TPSA) is 16.4 Å². The minimum absolute atomic E-state index is 0.877. The van der Waals surface area contributed by atoms with Gasteiger partial charge in [0.15, 0.2) is 5.58 Å². The molecule has 0 N–H and O–H groups in total. The molecule has 0 radical (unpaired) electrons. The molecule has 0 saturated carbocycles. The third-order valence-corrected chi connectivity index (χ3v) is 8.05. The Morgan fingerprint density at radius 3 is 1.45 bits per heavy atom. The molecule has 8 aromatic rings. The molecule has 2 nitrogen and oxygen atoms in total. The van der Waals surface area contributed by atoms with Crippen molar-refractivity contribution in [1.29, 1.82) is 0 Å². The molecule has 0 aliphatic rings. The first-order chi connectivity index (χ1) is 20.8. The molecule has 0 atom stereocenters. The Kier molecular flexibility index (Phi) is 5.82. The molecule has 0 aliphatic heterocycles. The van der Waals surface area contributed by atoms with Gasteiger partial charge in [-0.05, 0) is 75.5 Å². The smallest absolute Gasteiger partial charge is 0.159 e. The lowest BCUT2D eigenvalue weighted by molar-refractivity contribution is 0.669. The highest BCUT2D eigenvalue weighted by atomic mass is 16.3. The summed E-state index contributed by atoms with van der Waals surface area (Å²) in [5.41, 5.74) is 9.70. The fourth-order valence-corrected chi connectivity index (χ4v) is 5.94. The first kappa shape index (κ1) is 24.2. The zero-order valence-electron chi connectivity index (χ0n) is 22.9. The molecule has 1 aromatic heterocycles. The van der Waals surface area contributed by atoms with Gasteiger partial charge in [-0.25, -0.2) is 0 Å². The summed E-state index contributed by atoms with van der Waals surface area (Å²) in [7, 11) is 0. The molecule has 2 heteroatoms. The van der Waals surface area contributed by atoms with Gasteiger partial charge in [-0.15, -0.1) is 0 Å². The summed E-state index contributed by atoms with van der Waals surface area (Å²) < 4.78 is 6.66. The number of anilines is 3. The molecule has 8 rings (SSSR count). The quantitative estimate of drug-likeness (QED) is 0.217. The van der Waals surface area contributed by atoms with Gasteiger partial charge < -0.3 is 9.32 Å². The molecule has 7 aromatic carbocycles. The SMILES string of the molecule is c1ccc(-c2ccc(N(c3ccc(-c4ccccc4)cc3)c3cccc4c3oc3cc5ccccc5cc34)cc2)cc1. The highest BCUT2D eigenvalue weighted by Crippen LogP contribution is 2.43. The van der Waals surface area contributed by atoms with E-state index in [1.807, 2.05) is 0 Å². The molecule has 0 unspecified atom stereocenters. The molecule has 0 bridgehead atoms. The number of rotatable bonds is 5. The average molecular weight is 538 g/mol. The van der Waals surface area contributed by atoms with Crippen LogP contribution in [0.15, 0.2) is 168 Å². The second-order valence-corrected chi connectivity index (χ2v) is 10.6. The summed E-state index contributed by atoms with van der Waals surface area (Å²) in [6, 6.07) is 57.9. The average Bonchev–Trinajstić information content (AvgIpc) is 3.43. The highest BCUT2D eigenvalue weighted by molar-refractivity contribution is 6.13. The predicted molar refractivity (Wildman–Crippen MR) is 177 cm³/mol. The van der Waals surface area contributed by atoms with Crippen molar-refractivity contribution in [3.63, 3.8) is 0 Å². The van der Waals surface area contributed by atoms with Gasteiger partial charge in [0.05, 0.1) is 5.69 Å². The van der Waals surface area contributed by atoms with Crippen molar-refractivity contribution in [2.45, 2.75) is 0 Å². The maximum absolute atomic E-state index is 6.66. The van der Waals surface area contributed by atoms with Gasteiger partial charge in [-0.1, -0.05) is 121 Å². The van der Waals surface area contributed by atoms with E-state index in [9.17, 15) is 0 Å². The number of hydrogen-bond donors (Lipinski definition) is 0. The zero-order chi connectivity index (χ0) is 27.9. The molecular weight excluding hydrogens is 510 g/mol. The predicted octanol–water partition coefficient (Wildman–Crippen LogP) is 11.5. The van der Waals surface area contributed by atoms with Crippen molar-refractivity contribution < 1.29 is 4.42 Å². The largest absolute Gasteiger partial charge is 0.454 e. The minimum atomic E-state index is 0.877. The van der Waals surface area contributed by atoms with Crippen LogP contribution in [0.1, 0.15) is 0 Å². The van der Waals surface area contributed by atoms with Crippen LogP contribution < -0.4 is 4.90 Å². The normalized spacial score (nSPS) is 11.3. The van der Waals surface area contributed by atoms with Gasteiger partial charge in [0.25, 0.3) is 0 Å². The third-order valence-electron chi connectivity index (χ3n) is 8.05. The maximum Gasteiger partial charge on any atom is 0.159 e. The van der Waals surface area contributed by atoms with Crippen LogP contribution in [-0.2, 0) is 0 Å². The van der Waals surface area contributed by atoms with E-state index in [1.54, 1.807) is 0 Å². The molecule has 0 amide bonds. The summed E-state index contributed by atoms with van der Waals surface area (Å²) in [5, 5.41) is 4.63. The summed E-state index contributed by atoms with van der Waals surface area (Å²) >= 11 is 0. The Hall–Kier alpha value is -5.60. The lowest BCUT2D eigenvalue weighted by atomic mass is 10.0. The molecule has 0 saturated heterocycles. The van der Waals surface area contributed by atoms with E-state index < -0.39 is 0 Å². The minimum Gasteiger partial charge on any atom is -0.454 e. The molecular formula is C40H27NO. The monoisotopic (exact) mass is 537 g/mol. The molecule has 0 spiro atoms. The number of benzene rings is 7. The number of hydrogen-bond acceptors (Lipinski definition) is 2. The van der Waals surface area contributed by atoms with Gasteiger partial charge in [0, 0.05) is 22.1 Å². The Balaban J connectivity index is 1.31. The van der Waals surface area contributed by atoms with E-state index in [4.69, 9.17) is 4.42 Å². The second-order valence-electron chi connectivity index (χ2n) is 10.6. The number of fused-ring (bicyclic) bond motifs is 4. The van der Waals surface area contributed by atoms with Gasteiger partial charge in [0.1, 0.15) is 5.58 Å². The number of furan rings is 1. The van der Waals surface area contributed by atoms with Gasteiger partial charge in [-0.2, -0.15) is 0 Å². The molecule has 198 valence electrons.